The molecule has 0 aromatic heterocycles. The predicted octanol–water partition coefficient (Wildman–Crippen LogP) is 0.955. The Morgan fingerprint density at radius 3 is 2.78 bits per heavy atom. The molecule has 0 atom stereocenters. The summed E-state index contributed by atoms with van der Waals surface area (Å²) >= 11 is 5.82. The van der Waals surface area contributed by atoms with Gasteiger partial charge < -0.3 is 5.73 Å². The SMILES string of the molecule is CN(CCCN)S(=O)(=O)NCc1cccc(Cl)c1. The van der Waals surface area contributed by atoms with Crippen LogP contribution in [0.2, 0.25) is 5.02 Å². The molecule has 0 heterocycles. The van der Waals surface area contributed by atoms with Gasteiger partial charge in [0.1, 0.15) is 0 Å². The second-order valence-electron chi connectivity index (χ2n) is 3.92. The van der Waals surface area contributed by atoms with E-state index < -0.39 is 10.2 Å². The summed E-state index contributed by atoms with van der Waals surface area (Å²) in [6.07, 6.45) is 0.634. The molecule has 0 spiro atoms. The summed E-state index contributed by atoms with van der Waals surface area (Å²) in [5.74, 6) is 0. The maximum Gasteiger partial charge on any atom is 0.279 e. The zero-order valence-corrected chi connectivity index (χ0v) is 11.8. The van der Waals surface area contributed by atoms with Crippen molar-refractivity contribution in [3.05, 3.63) is 34.9 Å². The molecule has 0 aliphatic heterocycles. The first kappa shape index (κ1) is 15.4. The Balaban J connectivity index is 2.56. The summed E-state index contributed by atoms with van der Waals surface area (Å²) in [7, 11) is -1.94. The lowest BCUT2D eigenvalue weighted by Gasteiger charge is -2.17. The summed E-state index contributed by atoms with van der Waals surface area (Å²) in [6, 6.07) is 7.06. The Kier molecular flexibility index (Phi) is 6.04. The molecule has 5 nitrogen and oxygen atoms in total. The molecule has 0 aliphatic rings. The Morgan fingerprint density at radius 2 is 2.17 bits per heavy atom. The Morgan fingerprint density at radius 1 is 1.44 bits per heavy atom. The second kappa shape index (κ2) is 7.06. The quantitative estimate of drug-likeness (QED) is 0.785. The summed E-state index contributed by atoms with van der Waals surface area (Å²) in [4.78, 5) is 0. The number of nitrogens with two attached hydrogens (primary N) is 1. The van der Waals surface area contributed by atoms with Gasteiger partial charge in [-0.2, -0.15) is 17.4 Å². The topological polar surface area (TPSA) is 75.4 Å². The minimum Gasteiger partial charge on any atom is -0.330 e. The van der Waals surface area contributed by atoms with Gasteiger partial charge in [0.05, 0.1) is 0 Å². The van der Waals surface area contributed by atoms with Crippen LogP contribution in [0.3, 0.4) is 0 Å². The number of benzene rings is 1. The van der Waals surface area contributed by atoms with E-state index in [1.165, 1.54) is 11.4 Å². The fourth-order valence-electron chi connectivity index (χ4n) is 1.37. The highest BCUT2D eigenvalue weighted by Gasteiger charge is 2.16. The number of nitrogens with zero attached hydrogens (tertiary/aromatic N) is 1. The molecule has 18 heavy (non-hydrogen) atoms. The van der Waals surface area contributed by atoms with Gasteiger partial charge in [0, 0.05) is 25.2 Å². The molecule has 1 aromatic carbocycles. The smallest absolute Gasteiger partial charge is 0.279 e. The summed E-state index contributed by atoms with van der Waals surface area (Å²) in [6.45, 7) is 1.09. The monoisotopic (exact) mass is 291 g/mol. The lowest BCUT2D eigenvalue weighted by Crippen LogP contribution is -2.38. The molecule has 0 fully saturated rings. The van der Waals surface area contributed by atoms with Crippen LogP contribution in [0.1, 0.15) is 12.0 Å². The lowest BCUT2D eigenvalue weighted by atomic mass is 10.2. The van der Waals surface area contributed by atoms with Crippen LogP contribution in [0.25, 0.3) is 0 Å². The largest absolute Gasteiger partial charge is 0.330 e. The Bertz CT molecular complexity index is 479. The summed E-state index contributed by atoms with van der Waals surface area (Å²) < 4.78 is 27.4. The van der Waals surface area contributed by atoms with E-state index in [0.29, 0.717) is 24.5 Å². The molecular formula is C11H18ClN3O2S. The average molecular weight is 292 g/mol. The summed E-state index contributed by atoms with van der Waals surface area (Å²) in [5.41, 5.74) is 6.16. The fraction of sp³-hybridized carbons (Fsp3) is 0.455. The zero-order valence-electron chi connectivity index (χ0n) is 10.3. The van der Waals surface area contributed by atoms with E-state index >= 15 is 0 Å². The molecule has 0 radical (unpaired) electrons. The molecule has 0 aliphatic carbocycles. The van der Waals surface area contributed by atoms with Crippen LogP contribution in [0.15, 0.2) is 24.3 Å². The van der Waals surface area contributed by atoms with E-state index in [9.17, 15) is 8.42 Å². The first-order valence-electron chi connectivity index (χ1n) is 5.61. The van der Waals surface area contributed by atoms with Gasteiger partial charge in [-0.25, -0.2) is 0 Å². The molecule has 0 bridgehead atoms. The predicted molar refractivity (Wildman–Crippen MR) is 73.5 cm³/mol. The number of halogens is 1. The molecule has 0 saturated carbocycles. The van der Waals surface area contributed by atoms with Crippen LogP contribution >= 0.6 is 11.6 Å². The number of hydrogen-bond donors (Lipinski definition) is 2. The van der Waals surface area contributed by atoms with Crippen molar-refractivity contribution in [3.8, 4) is 0 Å². The van der Waals surface area contributed by atoms with Crippen molar-refractivity contribution in [2.45, 2.75) is 13.0 Å². The van der Waals surface area contributed by atoms with Crippen molar-refractivity contribution in [2.24, 2.45) is 5.73 Å². The van der Waals surface area contributed by atoms with Crippen molar-refractivity contribution >= 4 is 21.8 Å². The number of nitrogens with one attached hydrogen (secondary N) is 1. The van der Waals surface area contributed by atoms with Crippen LogP contribution in [0, 0.1) is 0 Å². The molecule has 1 aromatic rings. The minimum atomic E-state index is -3.46. The standard InChI is InChI=1S/C11H18ClN3O2S/c1-15(7-3-6-13)18(16,17)14-9-10-4-2-5-11(12)8-10/h2,4-5,8,14H,3,6-7,9,13H2,1H3. The highest BCUT2D eigenvalue weighted by molar-refractivity contribution is 7.87. The molecular weight excluding hydrogens is 274 g/mol. The molecule has 7 heteroatoms. The van der Waals surface area contributed by atoms with Crippen molar-refractivity contribution < 1.29 is 8.42 Å². The number of rotatable bonds is 7. The number of hydrogen-bond acceptors (Lipinski definition) is 3. The fourth-order valence-corrected chi connectivity index (χ4v) is 2.52. The third kappa shape index (κ3) is 4.91. The molecule has 102 valence electrons. The van der Waals surface area contributed by atoms with Crippen molar-refractivity contribution in [3.63, 3.8) is 0 Å². The summed E-state index contributed by atoms with van der Waals surface area (Å²) in [5, 5.41) is 0.586. The van der Waals surface area contributed by atoms with Crippen LogP contribution < -0.4 is 10.5 Å². The van der Waals surface area contributed by atoms with E-state index in [4.69, 9.17) is 17.3 Å². The van der Waals surface area contributed by atoms with Gasteiger partial charge in [-0.15, -0.1) is 0 Å². The molecule has 3 N–H and O–H groups in total. The third-order valence-electron chi connectivity index (χ3n) is 2.44. The van der Waals surface area contributed by atoms with E-state index in [0.717, 1.165) is 5.56 Å². The van der Waals surface area contributed by atoms with Crippen LogP contribution in [0.4, 0.5) is 0 Å². The second-order valence-corrected chi connectivity index (χ2v) is 6.22. The maximum atomic E-state index is 11.8. The van der Waals surface area contributed by atoms with Gasteiger partial charge >= 0.3 is 0 Å². The Hall–Kier alpha value is -0.660. The van der Waals surface area contributed by atoms with Crippen LogP contribution in [0.5, 0.6) is 0 Å². The third-order valence-corrected chi connectivity index (χ3v) is 4.18. The van der Waals surface area contributed by atoms with Gasteiger partial charge in [-0.3, -0.25) is 0 Å². The molecule has 0 amide bonds. The average Bonchev–Trinajstić information content (AvgIpc) is 2.33. The van der Waals surface area contributed by atoms with E-state index in [-0.39, 0.29) is 6.54 Å². The van der Waals surface area contributed by atoms with Crippen molar-refractivity contribution in [1.82, 2.24) is 9.03 Å². The van der Waals surface area contributed by atoms with Crippen LogP contribution in [-0.2, 0) is 16.8 Å². The molecule has 0 saturated heterocycles. The first-order chi connectivity index (χ1) is 8.45. The highest BCUT2D eigenvalue weighted by atomic mass is 35.5. The van der Waals surface area contributed by atoms with Crippen molar-refractivity contribution in [2.75, 3.05) is 20.1 Å². The Labute approximate surface area is 113 Å². The first-order valence-corrected chi connectivity index (χ1v) is 7.43. The maximum absolute atomic E-state index is 11.8. The van der Waals surface area contributed by atoms with Crippen LogP contribution in [-0.4, -0.2) is 32.9 Å². The normalized spacial score (nSPS) is 12.0. The van der Waals surface area contributed by atoms with E-state index in [2.05, 4.69) is 4.72 Å². The van der Waals surface area contributed by atoms with Gasteiger partial charge in [0.15, 0.2) is 0 Å². The van der Waals surface area contributed by atoms with Gasteiger partial charge in [0.25, 0.3) is 10.2 Å². The van der Waals surface area contributed by atoms with E-state index in [1.807, 2.05) is 6.07 Å². The van der Waals surface area contributed by atoms with Crippen molar-refractivity contribution in [1.29, 1.82) is 0 Å². The van der Waals surface area contributed by atoms with Gasteiger partial charge in [-0.05, 0) is 30.7 Å². The lowest BCUT2D eigenvalue weighted by molar-refractivity contribution is 0.452. The van der Waals surface area contributed by atoms with Gasteiger partial charge in [-0.1, -0.05) is 23.7 Å². The van der Waals surface area contributed by atoms with Gasteiger partial charge in [0.2, 0.25) is 0 Å². The molecule has 0 unspecified atom stereocenters. The molecule has 1 rings (SSSR count). The minimum absolute atomic E-state index is 0.218. The highest BCUT2D eigenvalue weighted by Crippen LogP contribution is 2.10. The van der Waals surface area contributed by atoms with E-state index in [1.54, 1.807) is 18.2 Å². The zero-order chi connectivity index (χ0) is 13.6.